The molecule has 0 spiro atoms. The van der Waals surface area contributed by atoms with E-state index in [4.69, 9.17) is 11.6 Å². The summed E-state index contributed by atoms with van der Waals surface area (Å²) >= 11 is 6.32. The van der Waals surface area contributed by atoms with E-state index in [1.54, 1.807) is 0 Å². The number of aldehydes is 1. The van der Waals surface area contributed by atoms with Crippen LogP contribution < -0.4 is 4.90 Å². The van der Waals surface area contributed by atoms with E-state index in [1.807, 2.05) is 18.2 Å². The van der Waals surface area contributed by atoms with Gasteiger partial charge in [0, 0.05) is 18.2 Å². The molecule has 1 saturated carbocycles. The number of halogens is 1. The number of hydrogen-bond donors (Lipinski definition) is 0. The lowest BCUT2D eigenvalue weighted by molar-refractivity contribution is 0.112. The lowest BCUT2D eigenvalue weighted by Gasteiger charge is -2.34. The van der Waals surface area contributed by atoms with Crippen LogP contribution in [0.25, 0.3) is 0 Å². The number of para-hydroxylation sites is 1. The Kier molecular flexibility index (Phi) is 3.29. The van der Waals surface area contributed by atoms with Gasteiger partial charge < -0.3 is 4.90 Å². The summed E-state index contributed by atoms with van der Waals surface area (Å²) in [6, 6.07) is 6.20. The molecule has 1 heterocycles. The van der Waals surface area contributed by atoms with Crippen molar-refractivity contribution in [2.75, 3.05) is 11.4 Å². The molecule has 2 atom stereocenters. The fraction of sp³-hybridized carbons (Fsp3) is 0.533. The Morgan fingerprint density at radius 1 is 1.22 bits per heavy atom. The number of nitrogens with zero attached hydrogens (tertiary/aromatic N) is 1. The maximum atomic E-state index is 11.2. The molecular weight excluding hydrogens is 246 g/mol. The Labute approximate surface area is 113 Å². The average molecular weight is 264 g/mol. The minimum atomic E-state index is 0.595. The van der Waals surface area contributed by atoms with E-state index in [-0.39, 0.29) is 0 Å². The quantitative estimate of drug-likeness (QED) is 0.754. The lowest BCUT2D eigenvalue weighted by Crippen LogP contribution is -2.35. The average Bonchev–Trinajstić information content (AvgIpc) is 2.82. The van der Waals surface area contributed by atoms with Gasteiger partial charge in [0.1, 0.15) is 0 Å². The maximum Gasteiger partial charge on any atom is 0.152 e. The number of rotatable bonds is 2. The first-order valence-electron chi connectivity index (χ1n) is 6.81. The number of anilines is 1. The van der Waals surface area contributed by atoms with Crippen LogP contribution in [-0.4, -0.2) is 18.9 Å². The molecule has 0 amide bonds. The van der Waals surface area contributed by atoms with Gasteiger partial charge in [-0.1, -0.05) is 30.5 Å². The van der Waals surface area contributed by atoms with Crippen LogP contribution in [0.3, 0.4) is 0 Å². The highest BCUT2D eigenvalue weighted by atomic mass is 35.5. The van der Waals surface area contributed by atoms with Gasteiger partial charge in [-0.2, -0.15) is 0 Å². The molecule has 96 valence electrons. The van der Waals surface area contributed by atoms with Crippen molar-refractivity contribution in [1.82, 2.24) is 0 Å². The summed E-state index contributed by atoms with van der Waals surface area (Å²) < 4.78 is 0. The zero-order valence-electron chi connectivity index (χ0n) is 10.4. The van der Waals surface area contributed by atoms with Crippen molar-refractivity contribution in [3.63, 3.8) is 0 Å². The van der Waals surface area contributed by atoms with Crippen LogP contribution in [0.2, 0.25) is 5.02 Å². The normalized spacial score (nSPS) is 27.1. The Bertz CT molecular complexity index is 460. The van der Waals surface area contributed by atoms with Crippen LogP contribution in [0.4, 0.5) is 5.69 Å². The van der Waals surface area contributed by atoms with E-state index in [2.05, 4.69) is 4.90 Å². The predicted molar refractivity (Wildman–Crippen MR) is 74.5 cm³/mol. The van der Waals surface area contributed by atoms with Gasteiger partial charge in [0.25, 0.3) is 0 Å². The van der Waals surface area contributed by atoms with Gasteiger partial charge in [-0.25, -0.2) is 0 Å². The van der Waals surface area contributed by atoms with Crippen LogP contribution in [0.1, 0.15) is 42.5 Å². The van der Waals surface area contributed by atoms with E-state index >= 15 is 0 Å². The summed E-state index contributed by atoms with van der Waals surface area (Å²) in [6.45, 7) is 1.04. The molecule has 0 bridgehead atoms. The minimum absolute atomic E-state index is 0.595. The Hall–Kier alpha value is -1.02. The van der Waals surface area contributed by atoms with Crippen LogP contribution in [0.15, 0.2) is 18.2 Å². The van der Waals surface area contributed by atoms with Crippen LogP contribution in [0, 0.1) is 5.92 Å². The molecule has 1 aliphatic carbocycles. The molecule has 1 saturated heterocycles. The zero-order valence-corrected chi connectivity index (χ0v) is 11.2. The Balaban J connectivity index is 1.97. The summed E-state index contributed by atoms with van der Waals surface area (Å²) in [5, 5.41) is 0.714. The van der Waals surface area contributed by atoms with Gasteiger partial charge in [0.05, 0.1) is 10.7 Å². The number of hydrogen-bond acceptors (Lipinski definition) is 2. The molecule has 0 aromatic heterocycles. The van der Waals surface area contributed by atoms with Crippen molar-refractivity contribution in [3.05, 3.63) is 28.8 Å². The molecule has 2 aliphatic rings. The summed E-state index contributed by atoms with van der Waals surface area (Å²) in [4.78, 5) is 13.6. The first-order valence-corrected chi connectivity index (χ1v) is 7.19. The monoisotopic (exact) mass is 263 g/mol. The predicted octanol–water partition coefficient (Wildman–Crippen LogP) is 3.92. The summed E-state index contributed by atoms with van der Waals surface area (Å²) in [7, 11) is 0. The molecule has 3 heteroatoms. The van der Waals surface area contributed by atoms with Crippen molar-refractivity contribution in [1.29, 1.82) is 0 Å². The molecule has 1 aromatic rings. The third kappa shape index (κ3) is 1.93. The molecule has 0 N–H and O–H groups in total. The fourth-order valence-electron chi connectivity index (χ4n) is 3.61. The molecule has 1 aliphatic heterocycles. The van der Waals surface area contributed by atoms with Crippen LogP contribution >= 0.6 is 11.6 Å². The van der Waals surface area contributed by atoms with Crippen molar-refractivity contribution >= 4 is 23.6 Å². The number of carbonyl (C=O) groups excluding carboxylic acids is 1. The SMILES string of the molecule is O=Cc1cccc(Cl)c1N1CCC2CCCCC21. The smallest absolute Gasteiger partial charge is 0.152 e. The van der Waals surface area contributed by atoms with Crippen molar-refractivity contribution < 1.29 is 4.79 Å². The van der Waals surface area contributed by atoms with Gasteiger partial charge in [-0.05, 0) is 37.3 Å². The molecule has 2 unspecified atom stereocenters. The van der Waals surface area contributed by atoms with Gasteiger partial charge in [-0.15, -0.1) is 0 Å². The van der Waals surface area contributed by atoms with Crippen molar-refractivity contribution in [2.45, 2.75) is 38.1 Å². The molecule has 2 fully saturated rings. The number of carbonyl (C=O) groups is 1. The summed E-state index contributed by atoms with van der Waals surface area (Å²) in [6.07, 6.45) is 7.42. The highest BCUT2D eigenvalue weighted by Gasteiger charge is 2.37. The maximum absolute atomic E-state index is 11.2. The third-order valence-electron chi connectivity index (χ3n) is 4.44. The molecule has 0 radical (unpaired) electrons. The Morgan fingerprint density at radius 2 is 2.06 bits per heavy atom. The number of benzene rings is 1. The molecule has 1 aromatic carbocycles. The van der Waals surface area contributed by atoms with Crippen LogP contribution in [0.5, 0.6) is 0 Å². The van der Waals surface area contributed by atoms with E-state index < -0.39 is 0 Å². The molecule has 2 nitrogen and oxygen atoms in total. The van der Waals surface area contributed by atoms with E-state index in [0.29, 0.717) is 11.1 Å². The minimum Gasteiger partial charge on any atom is -0.366 e. The largest absolute Gasteiger partial charge is 0.366 e. The molecule has 18 heavy (non-hydrogen) atoms. The van der Waals surface area contributed by atoms with E-state index in [1.165, 1.54) is 32.1 Å². The second kappa shape index (κ2) is 4.93. The number of fused-ring (bicyclic) bond motifs is 1. The first kappa shape index (κ1) is 12.0. The third-order valence-corrected chi connectivity index (χ3v) is 4.75. The molecular formula is C15H18ClNO. The van der Waals surface area contributed by atoms with Gasteiger partial charge >= 0.3 is 0 Å². The van der Waals surface area contributed by atoms with E-state index in [9.17, 15) is 4.79 Å². The van der Waals surface area contributed by atoms with Crippen LogP contribution in [-0.2, 0) is 0 Å². The standard InChI is InChI=1S/C15H18ClNO/c16-13-6-3-5-12(10-18)15(13)17-9-8-11-4-1-2-7-14(11)17/h3,5-6,10-11,14H,1-2,4,7-9H2. The highest BCUT2D eigenvalue weighted by molar-refractivity contribution is 6.34. The summed E-state index contributed by atoms with van der Waals surface area (Å²) in [5.74, 6) is 0.800. The fourth-order valence-corrected chi connectivity index (χ4v) is 3.90. The van der Waals surface area contributed by atoms with Crippen molar-refractivity contribution in [2.24, 2.45) is 5.92 Å². The first-order chi connectivity index (χ1) is 8.81. The van der Waals surface area contributed by atoms with Gasteiger partial charge in [0.15, 0.2) is 6.29 Å². The second-order valence-corrected chi connectivity index (χ2v) is 5.80. The topological polar surface area (TPSA) is 20.3 Å². The Morgan fingerprint density at radius 3 is 2.89 bits per heavy atom. The zero-order chi connectivity index (χ0) is 12.5. The molecule has 3 rings (SSSR count). The van der Waals surface area contributed by atoms with Crippen molar-refractivity contribution in [3.8, 4) is 0 Å². The summed E-state index contributed by atoms with van der Waals surface area (Å²) in [5.41, 5.74) is 1.69. The highest BCUT2D eigenvalue weighted by Crippen LogP contribution is 2.42. The lowest BCUT2D eigenvalue weighted by atomic mass is 9.85. The van der Waals surface area contributed by atoms with Gasteiger partial charge in [-0.3, -0.25) is 4.79 Å². The van der Waals surface area contributed by atoms with E-state index in [0.717, 1.165) is 30.0 Å². The second-order valence-electron chi connectivity index (χ2n) is 5.39. The van der Waals surface area contributed by atoms with Gasteiger partial charge in [0.2, 0.25) is 0 Å².